The van der Waals surface area contributed by atoms with Gasteiger partial charge in [0.2, 0.25) is 5.78 Å². The number of carbonyl (C=O) groups excluding carboxylic acids is 2. The van der Waals surface area contributed by atoms with Crippen LogP contribution in [0.2, 0.25) is 5.02 Å². The first-order valence-electron chi connectivity index (χ1n) is 7.03. The molecular weight excluding hydrogens is 366 g/mol. The van der Waals surface area contributed by atoms with E-state index < -0.39 is 27.3 Å². The first kappa shape index (κ1) is 18.7. The van der Waals surface area contributed by atoms with E-state index in [-0.39, 0.29) is 21.2 Å². The predicted molar refractivity (Wildman–Crippen MR) is 95.0 cm³/mol. The molecule has 130 valence electrons. The lowest BCUT2D eigenvalue weighted by Crippen LogP contribution is -2.13. The van der Waals surface area contributed by atoms with Crippen molar-refractivity contribution in [1.82, 2.24) is 0 Å². The Bertz CT molecular complexity index is 967. The molecule has 6 nitrogen and oxygen atoms in total. The standard InChI is InChI=1S/C17H14ClNO5S/c1-11(20)16(21)10-17(22)12-4-2-6-14(8-12)19-25(23,24)15-7-3-5-13(18)9-15/h2-10,19,22H,1H3. The Kier molecular flexibility index (Phi) is 5.61. The second-order valence-electron chi connectivity index (χ2n) is 5.09. The Morgan fingerprint density at radius 1 is 1.12 bits per heavy atom. The topological polar surface area (TPSA) is 101 Å². The van der Waals surface area contributed by atoms with Crippen LogP contribution >= 0.6 is 11.6 Å². The molecule has 2 aromatic rings. The number of carbonyl (C=O) groups is 2. The number of halogens is 1. The molecule has 0 unspecified atom stereocenters. The van der Waals surface area contributed by atoms with Gasteiger partial charge < -0.3 is 5.11 Å². The number of Topliss-reactive ketones (excluding diaryl/α,β-unsaturated/α-hetero) is 1. The molecule has 0 atom stereocenters. The van der Waals surface area contributed by atoms with Crippen molar-refractivity contribution in [1.29, 1.82) is 0 Å². The van der Waals surface area contributed by atoms with E-state index in [0.717, 1.165) is 13.0 Å². The van der Waals surface area contributed by atoms with Crippen LogP contribution in [0.15, 0.2) is 59.5 Å². The minimum atomic E-state index is -3.87. The van der Waals surface area contributed by atoms with Gasteiger partial charge >= 0.3 is 0 Å². The SMILES string of the molecule is CC(=O)C(=O)C=C(O)c1cccc(NS(=O)(=O)c2cccc(Cl)c2)c1. The van der Waals surface area contributed by atoms with Gasteiger partial charge in [-0.25, -0.2) is 8.42 Å². The second-order valence-corrected chi connectivity index (χ2v) is 7.21. The molecule has 0 saturated heterocycles. The van der Waals surface area contributed by atoms with Crippen molar-refractivity contribution in [3.05, 3.63) is 65.2 Å². The number of nitrogens with one attached hydrogen (secondary N) is 1. The molecule has 0 fully saturated rings. The highest BCUT2D eigenvalue weighted by molar-refractivity contribution is 7.92. The van der Waals surface area contributed by atoms with E-state index in [1.54, 1.807) is 6.07 Å². The summed E-state index contributed by atoms with van der Waals surface area (Å²) in [5.74, 6) is -2.02. The lowest BCUT2D eigenvalue weighted by molar-refractivity contribution is -0.132. The number of aliphatic hydroxyl groups is 1. The van der Waals surface area contributed by atoms with E-state index in [2.05, 4.69) is 4.72 Å². The number of anilines is 1. The fourth-order valence-corrected chi connectivity index (χ4v) is 3.25. The first-order valence-corrected chi connectivity index (χ1v) is 8.89. The molecule has 0 heterocycles. The van der Waals surface area contributed by atoms with Crippen LogP contribution in [-0.4, -0.2) is 25.1 Å². The Balaban J connectivity index is 2.30. The highest BCUT2D eigenvalue weighted by Gasteiger charge is 2.15. The zero-order valence-corrected chi connectivity index (χ0v) is 14.6. The summed E-state index contributed by atoms with van der Waals surface area (Å²) in [6.07, 6.45) is 0.785. The van der Waals surface area contributed by atoms with Crippen LogP contribution in [0, 0.1) is 0 Å². The van der Waals surface area contributed by atoms with E-state index in [9.17, 15) is 23.1 Å². The Morgan fingerprint density at radius 3 is 2.44 bits per heavy atom. The first-order chi connectivity index (χ1) is 11.7. The zero-order valence-electron chi connectivity index (χ0n) is 13.1. The van der Waals surface area contributed by atoms with Gasteiger partial charge in [0.1, 0.15) is 5.76 Å². The summed E-state index contributed by atoms with van der Waals surface area (Å²) in [7, 11) is -3.87. The summed E-state index contributed by atoms with van der Waals surface area (Å²) in [5, 5.41) is 10.2. The molecule has 0 aliphatic rings. The summed E-state index contributed by atoms with van der Waals surface area (Å²) in [5.41, 5.74) is 0.355. The number of benzene rings is 2. The summed E-state index contributed by atoms with van der Waals surface area (Å²) in [6.45, 7) is 1.08. The maximum absolute atomic E-state index is 12.4. The number of allylic oxidation sites excluding steroid dienone is 1. The minimum Gasteiger partial charge on any atom is -0.507 e. The summed E-state index contributed by atoms with van der Waals surface area (Å²) in [4.78, 5) is 22.3. The van der Waals surface area contributed by atoms with Crippen LogP contribution in [-0.2, 0) is 19.6 Å². The third-order valence-corrected chi connectivity index (χ3v) is 4.75. The van der Waals surface area contributed by atoms with Crippen LogP contribution in [0.1, 0.15) is 12.5 Å². The van der Waals surface area contributed by atoms with Crippen LogP contribution in [0.25, 0.3) is 5.76 Å². The third-order valence-electron chi connectivity index (χ3n) is 3.13. The maximum atomic E-state index is 12.4. The molecule has 2 aromatic carbocycles. The maximum Gasteiger partial charge on any atom is 0.261 e. The predicted octanol–water partition coefficient (Wildman–Crippen LogP) is 3.20. The van der Waals surface area contributed by atoms with Gasteiger partial charge in [0, 0.05) is 29.3 Å². The van der Waals surface area contributed by atoms with Gasteiger partial charge in [0.25, 0.3) is 10.0 Å². The summed E-state index contributed by atoms with van der Waals surface area (Å²) >= 11 is 5.80. The van der Waals surface area contributed by atoms with E-state index in [1.807, 2.05) is 0 Å². The fourth-order valence-electron chi connectivity index (χ4n) is 1.90. The molecule has 25 heavy (non-hydrogen) atoms. The smallest absolute Gasteiger partial charge is 0.261 e. The van der Waals surface area contributed by atoms with Crippen LogP contribution < -0.4 is 4.72 Å². The average Bonchev–Trinajstić information content (AvgIpc) is 2.54. The van der Waals surface area contributed by atoms with Crippen molar-refractivity contribution in [3.63, 3.8) is 0 Å². The molecule has 2 rings (SSSR count). The van der Waals surface area contributed by atoms with Crippen molar-refractivity contribution < 1.29 is 23.1 Å². The number of aliphatic hydroxyl groups excluding tert-OH is 1. The van der Waals surface area contributed by atoms with Gasteiger partial charge in [0.15, 0.2) is 5.78 Å². The van der Waals surface area contributed by atoms with E-state index in [4.69, 9.17) is 11.6 Å². The third kappa shape index (κ3) is 4.91. The van der Waals surface area contributed by atoms with Crippen LogP contribution in [0.4, 0.5) is 5.69 Å². The lowest BCUT2D eigenvalue weighted by atomic mass is 10.1. The molecule has 8 heteroatoms. The lowest BCUT2D eigenvalue weighted by Gasteiger charge is -2.09. The molecule has 0 radical (unpaired) electrons. The van der Waals surface area contributed by atoms with E-state index in [1.165, 1.54) is 42.5 Å². The van der Waals surface area contributed by atoms with Crippen molar-refractivity contribution >= 4 is 44.6 Å². The van der Waals surface area contributed by atoms with E-state index >= 15 is 0 Å². The number of ketones is 2. The Hall–Kier alpha value is -2.64. The van der Waals surface area contributed by atoms with Crippen molar-refractivity contribution in [2.24, 2.45) is 0 Å². The largest absolute Gasteiger partial charge is 0.507 e. The molecule has 0 amide bonds. The quantitative estimate of drug-likeness (QED) is 0.456. The number of hydrogen-bond acceptors (Lipinski definition) is 5. The second kappa shape index (κ2) is 7.50. The monoisotopic (exact) mass is 379 g/mol. The minimum absolute atomic E-state index is 0.0167. The summed E-state index contributed by atoms with van der Waals surface area (Å²) in [6, 6.07) is 11.5. The van der Waals surface area contributed by atoms with Gasteiger partial charge in [-0.3, -0.25) is 14.3 Å². The van der Waals surface area contributed by atoms with Crippen LogP contribution in [0.5, 0.6) is 0 Å². The number of sulfonamides is 1. The molecule has 0 bridgehead atoms. The van der Waals surface area contributed by atoms with Gasteiger partial charge in [-0.1, -0.05) is 29.8 Å². The molecule has 2 N–H and O–H groups in total. The Labute approximate surface area is 149 Å². The molecule has 0 saturated carbocycles. The molecule has 0 aliphatic carbocycles. The molecule has 0 aromatic heterocycles. The summed E-state index contributed by atoms with van der Waals surface area (Å²) < 4.78 is 27.1. The average molecular weight is 380 g/mol. The normalized spacial score (nSPS) is 11.8. The van der Waals surface area contributed by atoms with Crippen molar-refractivity contribution in [2.45, 2.75) is 11.8 Å². The van der Waals surface area contributed by atoms with Crippen molar-refractivity contribution in [3.8, 4) is 0 Å². The highest BCUT2D eigenvalue weighted by atomic mass is 35.5. The van der Waals surface area contributed by atoms with Gasteiger partial charge in [-0.05, 0) is 30.3 Å². The zero-order chi connectivity index (χ0) is 18.6. The van der Waals surface area contributed by atoms with Crippen LogP contribution in [0.3, 0.4) is 0 Å². The van der Waals surface area contributed by atoms with Gasteiger partial charge in [-0.15, -0.1) is 0 Å². The number of rotatable bonds is 6. The fraction of sp³-hybridized carbons (Fsp3) is 0.0588. The Morgan fingerprint density at radius 2 is 1.80 bits per heavy atom. The molecular formula is C17H14ClNO5S. The van der Waals surface area contributed by atoms with E-state index in [0.29, 0.717) is 0 Å². The van der Waals surface area contributed by atoms with Gasteiger partial charge in [0.05, 0.1) is 4.90 Å². The van der Waals surface area contributed by atoms with Gasteiger partial charge in [-0.2, -0.15) is 0 Å². The molecule has 0 aliphatic heterocycles. The highest BCUT2D eigenvalue weighted by Crippen LogP contribution is 2.22. The van der Waals surface area contributed by atoms with Crippen molar-refractivity contribution in [2.75, 3.05) is 4.72 Å². The number of hydrogen-bond donors (Lipinski definition) is 2. The molecule has 0 spiro atoms.